The second-order valence-corrected chi connectivity index (χ2v) is 5.82. The summed E-state index contributed by atoms with van der Waals surface area (Å²) in [6.07, 6.45) is -2.97. The van der Waals surface area contributed by atoms with Gasteiger partial charge >= 0.3 is 6.18 Å². The van der Waals surface area contributed by atoms with E-state index in [4.69, 9.17) is 4.74 Å². The fraction of sp³-hybridized carbons (Fsp3) is 0.100. The van der Waals surface area contributed by atoms with E-state index in [2.05, 4.69) is 10.3 Å². The molecule has 1 aromatic heterocycles. The third-order valence-corrected chi connectivity index (χ3v) is 3.74. The van der Waals surface area contributed by atoms with E-state index in [1.807, 2.05) is 0 Å². The number of hydrogen-bond donors (Lipinski definition) is 1. The van der Waals surface area contributed by atoms with Gasteiger partial charge in [-0.3, -0.25) is 4.79 Å². The molecule has 1 N–H and O–H groups in total. The van der Waals surface area contributed by atoms with Crippen LogP contribution in [0, 0.1) is 5.82 Å². The molecule has 0 unspecified atom stereocenters. The number of carbonyl (C=O) groups excluding carboxylic acids is 1. The van der Waals surface area contributed by atoms with Gasteiger partial charge in [0, 0.05) is 30.4 Å². The second kappa shape index (κ2) is 8.08. The van der Waals surface area contributed by atoms with E-state index in [0.29, 0.717) is 11.3 Å². The van der Waals surface area contributed by atoms with E-state index >= 15 is 0 Å². The molecule has 28 heavy (non-hydrogen) atoms. The largest absolute Gasteiger partial charge is 0.439 e. The molecule has 0 aliphatic carbocycles. The number of rotatable bonds is 5. The zero-order valence-electron chi connectivity index (χ0n) is 14.3. The molecule has 0 bridgehead atoms. The zero-order chi connectivity index (χ0) is 20.1. The lowest BCUT2D eigenvalue weighted by Gasteiger charge is -2.09. The summed E-state index contributed by atoms with van der Waals surface area (Å²) in [7, 11) is 0. The summed E-state index contributed by atoms with van der Waals surface area (Å²) >= 11 is 0. The van der Waals surface area contributed by atoms with Crippen molar-refractivity contribution in [3.63, 3.8) is 0 Å². The number of amides is 1. The summed E-state index contributed by atoms with van der Waals surface area (Å²) in [5.41, 5.74) is -0.0407. The van der Waals surface area contributed by atoms with Crippen molar-refractivity contribution in [2.24, 2.45) is 0 Å². The van der Waals surface area contributed by atoms with E-state index in [1.54, 1.807) is 18.2 Å². The first-order chi connectivity index (χ1) is 13.3. The third-order valence-electron chi connectivity index (χ3n) is 3.74. The molecule has 0 aliphatic heterocycles. The molecular formula is C20H14F4N2O2. The van der Waals surface area contributed by atoms with Crippen molar-refractivity contribution in [3.05, 3.63) is 89.4 Å². The Morgan fingerprint density at radius 3 is 2.39 bits per heavy atom. The average molecular weight is 390 g/mol. The molecule has 0 fully saturated rings. The quantitative estimate of drug-likeness (QED) is 0.627. The average Bonchev–Trinajstić information content (AvgIpc) is 2.67. The molecule has 0 atom stereocenters. The molecule has 1 heterocycles. The van der Waals surface area contributed by atoms with Gasteiger partial charge in [-0.15, -0.1) is 0 Å². The topological polar surface area (TPSA) is 51.2 Å². The molecule has 0 radical (unpaired) electrons. The summed E-state index contributed by atoms with van der Waals surface area (Å²) in [6, 6.07) is 12.8. The van der Waals surface area contributed by atoms with Gasteiger partial charge in [0.15, 0.2) is 0 Å². The van der Waals surface area contributed by atoms with Crippen LogP contribution < -0.4 is 10.1 Å². The van der Waals surface area contributed by atoms with E-state index in [9.17, 15) is 22.4 Å². The molecule has 0 saturated carbocycles. The highest BCUT2D eigenvalue weighted by Crippen LogP contribution is 2.29. The Bertz CT molecular complexity index is 955. The fourth-order valence-corrected chi connectivity index (χ4v) is 2.32. The van der Waals surface area contributed by atoms with Crippen molar-refractivity contribution in [2.45, 2.75) is 12.7 Å². The third kappa shape index (κ3) is 5.06. The van der Waals surface area contributed by atoms with Crippen LogP contribution in [0.1, 0.15) is 21.5 Å². The number of carbonyl (C=O) groups is 1. The Balaban J connectivity index is 1.56. The highest BCUT2D eigenvalue weighted by molar-refractivity contribution is 5.94. The molecule has 3 aromatic rings. The predicted octanol–water partition coefficient (Wildman–Crippen LogP) is 4.96. The van der Waals surface area contributed by atoms with Gasteiger partial charge in [0.25, 0.3) is 5.91 Å². The maximum absolute atomic E-state index is 13.1. The van der Waals surface area contributed by atoms with Gasteiger partial charge in [0.05, 0.1) is 5.56 Å². The van der Waals surface area contributed by atoms with Crippen LogP contribution in [0.5, 0.6) is 11.6 Å². The minimum atomic E-state index is -4.45. The van der Waals surface area contributed by atoms with Gasteiger partial charge in [-0.05, 0) is 42.0 Å². The van der Waals surface area contributed by atoms with Crippen molar-refractivity contribution < 1.29 is 27.1 Å². The van der Waals surface area contributed by atoms with Crippen LogP contribution in [0.3, 0.4) is 0 Å². The summed E-state index contributed by atoms with van der Waals surface area (Å²) in [4.78, 5) is 16.1. The van der Waals surface area contributed by atoms with Crippen molar-refractivity contribution in [1.29, 1.82) is 0 Å². The fourth-order valence-electron chi connectivity index (χ4n) is 2.32. The Labute approximate surface area is 157 Å². The molecule has 1 amide bonds. The number of alkyl halides is 3. The Hall–Kier alpha value is -3.42. The first kappa shape index (κ1) is 19.3. The summed E-state index contributed by atoms with van der Waals surface area (Å²) < 4.78 is 56.2. The van der Waals surface area contributed by atoms with Gasteiger partial charge in [0.1, 0.15) is 11.6 Å². The summed E-state index contributed by atoms with van der Waals surface area (Å²) in [5.74, 6) is -0.381. The number of ether oxygens (including phenoxy) is 1. The van der Waals surface area contributed by atoms with Crippen LogP contribution in [0.15, 0.2) is 66.9 Å². The summed E-state index contributed by atoms with van der Waals surface area (Å²) in [5, 5.41) is 2.60. The Morgan fingerprint density at radius 1 is 1.04 bits per heavy atom. The van der Waals surface area contributed by atoms with Crippen molar-refractivity contribution >= 4 is 5.91 Å². The molecule has 0 saturated heterocycles. The molecule has 0 spiro atoms. The SMILES string of the molecule is O=C(NCc1ccc(Oc2cccc(F)c2)nc1)c1ccc(C(F)(F)F)cc1. The number of hydrogen-bond acceptors (Lipinski definition) is 3. The van der Waals surface area contributed by atoms with Crippen LogP contribution in [0.4, 0.5) is 17.6 Å². The first-order valence-electron chi connectivity index (χ1n) is 8.15. The molecular weight excluding hydrogens is 376 g/mol. The van der Waals surface area contributed by atoms with Crippen LogP contribution in [0.2, 0.25) is 0 Å². The molecule has 2 aromatic carbocycles. The maximum Gasteiger partial charge on any atom is 0.416 e. The van der Waals surface area contributed by atoms with E-state index < -0.39 is 23.5 Å². The number of pyridine rings is 1. The van der Waals surface area contributed by atoms with Gasteiger partial charge in [-0.1, -0.05) is 12.1 Å². The number of nitrogens with one attached hydrogen (secondary N) is 1. The Kier molecular flexibility index (Phi) is 5.58. The van der Waals surface area contributed by atoms with Gasteiger partial charge < -0.3 is 10.1 Å². The van der Waals surface area contributed by atoms with Crippen molar-refractivity contribution in [3.8, 4) is 11.6 Å². The van der Waals surface area contributed by atoms with Crippen LogP contribution in [0.25, 0.3) is 0 Å². The van der Waals surface area contributed by atoms with E-state index in [0.717, 1.165) is 24.3 Å². The molecule has 4 nitrogen and oxygen atoms in total. The number of halogens is 4. The lowest BCUT2D eigenvalue weighted by Crippen LogP contribution is -2.23. The molecule has 144 valence electrons. The Morgan fingerprint density at radius 2 is 1.79 bits per heavy atom. The lowest BCUT2D eigenvalue weighted by molar-refractivity contribution is -0.137. The van der Waals surface area contributed by atoms with Crippen molar-refractivity contribution in [1.82, 2.24) is 10.3 Å². The summed E-state index contributed by atoms with van der Waals surface area (Å²) in [6.45, 7) is 0.132. The van der Waals surface area contributed by atoms with Crippen LogP contribution >= 0.6 is 0 Å². The number of nitrogens with zero attached hydrogens (tertiary/aromatic N) is 1. The number of benzene rings is 2. The van der Waals surface area contributed by atoms with Gasteiger partial charge in [-0.2, -0.15) is 13.2 Å². The van der Waals surface area contributed by atoms with Gasteiger partial charge in [0.2, 0.25) is 5.88 Å². The maximum atomic E-state index is 13.1. The van der Waals surface area contributed by atoms with E-state index in [-0.39, 0.29) is 18.0 Å². The van der Waals surface area contributed by atoms with Crippen molar-refractivity contribution in [2.75, 3.05) is 0 Å². The monoisotopic (exact) mass is 390 g/mol. The van der Waals surface area contributed by atoms with Crippen LogP contribution in [-0.4, -0.2) is 10.9 Å². The highest BCUT2D eigenvalue weighted by atomic mass is 19.4. The molecule has 3 rings (SSSR count). The smallest absolute Gasteiger partial charge is 0.416 e. The first-order valence-corrected chi connectivity index (χ1v) is 8.15. The zero-order valence-corrected chi connectivity index (χ0v) is 14.3. The molecule has 0 aliphatic rings. The highest BCUT2D eigenvalue weighted by Gasteiger charge is 2.30. The van der Waals surface area contributed by atoms with E-state index in [1.165, 1.54) is 24.4 Å². The van der Waals surface area contributed by atoms with Gasteiger partial charge in [-0.25, -0.2) is 9.37 Å². The molecule has 8 heteroatoms. The van der Waals surface area contributed by atoms with Crippen LogP contribution in [-0.2, 0) is 12.7 Å². The standard InChI is InChI=1S/C20H14F4N2O2/c21-16-2-1-3-17(10-16)28-18-9-4-13(11-25-18)12-26-19(27)14-5-7-15(8-6-14)20(22,23)24/h1-11H,12H2,(H,26,27). The number of aromatic nitrogens is 1. The normalized spacial score (nSPS) is 11.1. The lowest BCUT2D eigenvalue weighted by atomic mass is 10.1. The predicted molar refractivity (Wildman–Crippen MR) is 93.3 cm³/mol. The minimum absolute atomic E-state index is 0.118. The minimum Gasteiger partial charge on any atom is -0.439 e. The second-order valence-electron chi connectivity index (χ2n) is 5.82.